The third-order valence-corrected chi connectivity index (χ3v) is 6.28. The van der Waals surface area contributed by atoms with Crippen molar-refractivity contribution in [3.05, 3.63) is 42.0 Å². The summed E-state index contributed by atoms with van der Waals surface area (Å²) >= 11 is 0. The molecule has 0 aromatic heterocycles. The highest BCUT2D eigenvalue weighted by Gasteiger charge is 2.86. The molecular weight excluding hydrogens is 441 g/mol. The predicted molar refractivity (Wildman–Crippen MR) is 85.0 cm³/mol. The Bertz CT molecular complexity index is 851. The van der Waals surface area contributed by atoms with Crippen molar-refractivity contribution < 1.29 is 47.9 Å². The highest BCUT2D eigenvalue weighted by atomic mass is 32.2. The van der Waals surface area contributed by atoms with Gasteiger partial charge in [0.15, 0.2) is 0 Å². The van der Waals surface area contributed by atoms with Crippen molar-refractivity contribution in [3.63, 3.8) is 0 Å². The van der Waals surface area contributed by atoms with E-state index in [9.17, 15) is 47.9 Å². The lowest BCUT2D eigenvalue weighted by Gasteiger charge is -2.35. The molecule has 1 saturated heterocycles. The summed E-state index contributed by atoms with van der Waals surface area (Å²) < 4.78 is 142. The maximum absolute atomic E-state index is 14.0. The van der Waals surface area contributed by atoms with Crippen LogP contribution in [0.4, 0.5) is 39.5 Å². The maximum atomic E-state index is 14.0. The van der Waals surface area contributed by atoms with Gasteiger partial charge in [-0.2, -0.15) is 43.8 Å². The van der Waals surface area contributed by atoms with Crippen molar-refractivity contribution >= 4 is 16.1 Å². The van der Waals surface area contributed by atoms with Gasteiger partial charge in [0.2, 0.25) is 0 Å². The summed E-state index contributed by atoms with van der Waals surface area (Å²) in [6, 6.07) is 6.52. The van der Waals surface area contributed by atoms with E-state index in [-0.39, 0.29) is 17.1 Å². The van der Waals surface area contributed by atoms with Gasteiger partial charge in [-0.1, -0.05) is 42.5 Å². The molecule has 29 heavy (non-hydrogen) atoms. The van der Waals surface area contributed by atoms with Gasteiger partial charge in [0.1, 0.15) is 0 Å². The Morgan fingerprint density at radius 1 is 0.897 bits per heavy atom. The smallest absolute Gasteiger partial charge is 0.206 e. The number of rotatable bonds is 6. The molecule has 0 unspecified atom stereocenters. The van der Waals surface area contributed by atoms with Crippen LogP contribution in [0.5, 0.6) is 0 Å². The Labute approximate surface area is 159 Å². The molecule has 1 aliphatic rings. The van der Waals surface area contributed by atoms with E-state index in [2.05, 4.69) is 0 Å². The molecule has 1 atom stereocenters. The van der Waals surface area contributed by atoms with E-state index in [1.807, 2.05) is 0 Å². The summed E-state index contributed by atoms with van der Waals surface area (Å²) in [5.41, 5.74) is 0.498. The minimum Gasteiger partial charge on any atom is -0.206 e. The molecule has 1 heterocycles. The summed E-state index contributed by atoms with van der Waals surface area (Å²) in [5, 5.41) is -6.71. The van der Waals surface area contributed by atoms with Gasteiger partial charge in [-0.3, -0.25) is 0 Å². The van der Waals surface area contributed by atoms with Crippen LogP contribution in [0, 0.1) is 0 Å². The van der Waals surface area contributed by atoms with Crippen LogP contribution < -0.4 is 0 Å². The van der Waals surface area contributed by atoms with Crippen LogP contribution in [0.2, 0.25) is 0 Å². The number of benzene rings is 1. The Hall–Kier alpha value is -1.76. The van der Waals surface area contributed by atoms with E-state index >= 15 is 0 Å². The number of alkyl halides is 9. The number of sulfonamides is 1. The van der Waals surface area contributed by atoms with Crippen molar-refractivity contribution in [2.45, 2.75) is 42.2 Å². The van der Waals surface area contributed by atoms with Gasteiger partial charge in [0.05, 0.1) is 0 Å². The van der Waals surface area contributed by atoms with E-state index in [1.54, 1.807) is 30.3 Å². The van der Waals surface area contributed by atoms with Gasteiger partial charge >= 0.3 is 23.3 Å². The van der Waals surface area contributed by atoms with E-state index in [0.717, 1.165) is 6.08 Å². The van der Waals surface area contributed by atoms with Gasteiger partial charge < -0.3 is 0 Å². The summed E-state index contributed by atoms with van der Waals surface area (Å²) in [4.78, 5) is 0. The average molecular weight is 455 g/mol. The fourth-order valence-electron chi connectivity index (χ4n) is 2.71. The zero-order valence-corrected chi connectivity index (χ0v) is 15.1. The first-order valence-corrected chi connectivity index (χ1v) is 9.46. The van der Waals surface area contributed by atoms with E-state index in [4.69, 9.17) is 0 Å². The molecule has 1 aromatic carbocycles. The first kappa shape index (κ1) is 23.5. The van der Waals surface area contributed by atoms with E-state index in [0.29, 0.717) is 5.56 Å². The molecule has 164 valence electrons. The first-order valence-electron chi connectivity index (χ1n) is 8.02. The molecule has 2 rings (SSSR count). The molecule has 0 bridgehead atoms. The molecular formula is C16H14F9NO2S. The third kappa shape index (κ3) is 3.86. The van der Waals surface area contributed by atoms with Crippen LogP contribution in [-0.2, 0) is 10.0 Å². The van der Waals surface area contributed by atoms with Crippen molar-refractivity contribution in [2.75, 3.05) is 6.54 Å². The maximum Gasteiger partial charge on any atom is 0.460 e. The molecule has 0 amide bonds. The van der Waals surface area contributed by atoms with Crippen LogP contribution in [0.1, 0.15) is 18.4 Å². The van der Waals surface area contributed by atoms with Crippen molar-refractivity contribution in [2.24, 2.45) is 0 Å². The van der Waals surface area contributed by atoms with Crippen molar-refractivity contribution in [1.82, 2.24) is 4.31 Å². The fourth-order valence-corrected chi connectivity index (χ4v) is 4.36. The summed E-state index contributed by atoms with van der Waals surface area (Å²) in [7, 11) is -6.57. The quantitative estimate of drug-likeness (QED) is 0.572. The second kappa shape index (κ2) is 7.49. The topological polar surface area (TPSA) is 37.4 Å². The minimum atomic E-state index is -7.27. The Balaban J connectivity index is 2.40. The number of nitrogens with zero attached hydrogens (tertiary/aromatic N) is 1. The number of halogens is 9. The van der Waals surface area contributed by atoms with Gasteiger partial charge in [-0.05, 0) is 18.4 Å². The van der Waals surface area contributed by atoms with Gasteiger partial charge in [-0.15, -0.1) is 0 Å². The molecule has 1 fully saturated rings. The molecule has 0 radical (unpaired) electrons. The highest BCUT2D eigenvalue weighted by Crippen LogP contribution is 2.55. The highest BCUT2D eigenvalue weighted by molar-refractivity contribution is 7.90. The predicted octanol–water partition coefficient (Wildman–Crippen LogP) is 4.92. The Morgan fingerprint density at radius 2 is 1.45 bits per heavy atom. The second-order valence-electron chi connectivity index (χ2n) is 6.26. The SMILES string of the molecule is O=S(=O)(N1CCC[C@@H]1/C=C/c1ccccc1)C(F)(F)C(F)(F)C(F)(F)C(F)(F)F. The molecule has 13 heteroatoms. The van der Waals surface area contributed by atoms with Crippen LogP contribution in [-0.4, -0.2) is 48.6 Å². The average Bonchev–Trinajstić information content (AvgIpc) is 3.08. The van der Waals surface area contributed by atoms with Gasteiger partial charge in [0, 0.05) is 12.6 Å². The molecule has 0 aliphatic carbocycles. The van der Waals surface area contributed by atoms with Crippen molar-refractivity contribution in [3.8, 4) is 0 Å². The lowest BCUT2D eigenvalue weighted by molar-refractivity contribution is -0.382. The van der Waals surface area contributed by atoms with Gasteiger partial charge in [0.25, 0.3) is 10.0 Å². The third-order valence-electron chi connectivity index (χ3n) is 4.31. The van der Waals surface area contributed by atoms with Crippen LogP contribution >= 0.6 is 0 Å². The lowest BCUT2D eigenvalue weighted by atomic mass is 10.1. The van der Waals surface area contributed by atoms with Gasteiger partial charge in [-0.25, -0.2) is 8.42 Å². The van der Waals surface area contributed by atoms with E-state index in [1.165, 1.54) is 6.08 Å². The Morgan fingerprint density at radius 3 is 1.97 bits per heavy atom. The monoisotopic (exact) mass is 455 g/mol. The summed E-state index contributed by atoms with van der Waals surface area (Å²) in [5.74, 6) is -14.5. The van der Waals surface area contributed by atoms with Crippen LogP contribution in [0.3, 0.4) is 0 Å². The zero-order chi connectivity index (χ0) is 22.3. The zero-order valence-electron chi connectivity index (χ0n) is 14.3. The first-order chi connectivity index (χ1) is 13.1. The Kier molecular flexibility index (Phi) is 6.07. The second-order valence-corrected chi connectivity index (χ2v) is 8.19. The largest absolute Gasteiger partial charge is 0.460 e. The fraction of sp³-hybridized carbons (Fsp3) is 0.500. The molecule has 1 aliphatic heterocycles. The minimum absolute atomic E-state index is 0.0830. The summed E-state index contributed by atoms with van der Waals surface area (Å²) in [6.45, 7) is -0.741. The summed E-state index contributed by atoms with van der Waals surface area (Å²) in [6.07, 6.45) is -4.91. The van der Waals surface area contributed by atoms with Crippen LogP contribution in [0.25, 0.3) is 6.08 Å². The lowest BCUT2D eigenvalue weighted by Crippen LogP contribution is -2.65. The number of hydrogen-bond donors (Lipinski definition) is 0. The molecule has 0 saturated carbocycles. The standard InChI is InChI=1S/C16H14F9NO2S/c17-13(18,15(21,22)23)14(19,20)16(24,25)29(27,28)26-10-4-7-12(26)9-8-11-5-2-1-3-6-11/h1-3,5-6,8-9,12H,4,7,10H2/b9-8+/t12-/m1/s1. The number of hydrogen-bond acceptors (Lipinski definition) is 2. The van der Waals surface area contributed by atoms with E-state index < -0.39 is 45.9 Å². The molecule has 0 spiro atoms. The molecule has 1 aromatic rings. The van der Waals surface area contributed by atoms with Crippen LogP contribution in [0.15, 0.2) is 36.4 Å². The van der Waals surface area contributed by atoms with Crippen molar-refractivity contribution in [1.29, 1.82) is 0 Å². The molecule has 0 N–H and O–H groups in total. The molecule has 3 nitrogen and oxygen atoms in total. The normalized spacial score (nSPS) is 20.5.